The number of imide groups is 1. The molecule has 0 bridgehead atoms. The van der Waals surface area contributed by atoms with Crippen LogP contribution in [0.2, 0.25) is 0 Å². The molecule has 26 heavy (non-hydrogen) atoms. The van der Waals surface area contributed by atoms with Gasteiger partial charge in [0, 0.05) is 0 Å². The molecule has 2 N–H and O–H groups in total. The molecule has 1 aliphatic heterocycles. The van der Waals surface area contributed by atoms with Gasteiger partial charge in [0.2, 0.25) is 10.9 Å². The lowest BCUT2D eigenvalue weighted by Crippen LogP contribution is -2.50. The van der Waals surface area contributed by atoms with Gasteiger partial charge in [-0.1, -0.05) is 19.3 Å². The van der Waals surface area contributed by atoms with Crippen molar-refractivity contribution in [1.29, 1.82) is 0 Å². The van der Waals surface area contributed by atoms with Gasteiger partial charge in [0.15, 0.2) is 0 Å². The summed E-state index contributed by atoms with van der Waals surface area (Å²) >= 11 is 0. The minimum absolute atomic E-state index is 0.102. The molecule has 0 radical (unpaired) electrons. The number of carbonyl (C=O) groups excluding carboxylic acids is 3. The third kappa shape index (κ3) is 3.19. The van der Waals surface area contributed by atoms with Gasteiger partial charge < -0.3 is 14.5 Å². The third-order valence-corrected chi connectivity index (χ3v) is 5.58. The Bertz CT molecular complexity index is 839. The number of rotatable bonds is 5. The molecule has 1 aliphatic carbocycles. The van der Waals surface area contributed by atoms with Gasteiger partial charge in [-0.25, -0.2) is 18.0 Å². The first-order valence-electron chi connectivity index (χ1n) is 8.25. The number of ether oxygens (including phenoxy) is 1. The molecule has 1 aromatic rings. The molecule has 2 aliphatic rings. The Labute approximate surface area is 149 Å². The monoisotopic (exact) mass is 385 g/mol. The Hall–Kier alpha value is -2.40. The van der Waals surface area contributed by atoms with Gasteiger partial charge in [-0.3, -0.25) is 4.79 Å². The fourth-order valence-electron chi connectivity index (χ4n) is 3.14. The second-order valence-corrected chi connectivity index (χ2v) is 7.74. The van der Waals surface area contributed by atoms with Crippen molar-refractivity contribution in [2.45, 2.75) is 49.7 Å². The maximum Gasteiger partial charge on any atom is 0.374 e. The standard InChI is InChI=1S/C15H19N3O7S/c1-2-24-12(19)10-6-7-11(25-10)26(22,23)17-18-13(20)15(16-14(18)21)8-4-3-5-9-15/h6-7,17H,2-5,8-9H2,1H3,(H,16,21). The van der Waals surface area contributed by atoms with E-state index in [9.17, 15) is 22.8 Å². The number of sulfonamides is 1. The van der Waals surface area contributed by atoms with E-state index in [2.05, 4.69) is 5.32 Å². The number of amides is 3. The van der Waals surface area contributed by atoms with E-state index in [0.717, 1.165) is 31.4 Å². The van der Waals surface area contributed by atoms with Crippen LogP contribution in [0.3, 0.4) is 0 Å². The highest BCUT2D eigenvalue weighted by atomic mass is 32.2. The Kier molecular flexibility index (Phi) is 4.76. The van der Waals surface area contributed by atoms with Crippen molar-refractivity contribution >= 4 is 27.9 Å². The maximum absolute atomic E-state index is 12.6. The number of furan rings is 1. The van der Waals surface area contributed by atoms with E-state index < -0.39 is 38.6 Å². The SMILES string of the molecule is CCOC(=O)c1ccc(S(=O)(=O)NN2C(=O)NC3(CCCCC3)C2=O)o1. The lowest BCUT2D eigenvalue weighted by atomic mass is 9.82. The molecule has 11 heteroatoms. The van der Waals surface area contributed by atoms with E-state index in [1.165, 1.54) is 0 Å². The van der Waals surface area contributed by atoms with Gasteiger partial charge in [0.25, 0.3) is 15.9 Å². The van der Waals surface area contributed by atoms with Crippen LogP contribution in [0.4, 0.5) is 4.79 Å². The average molecular weight is 385 g/mol. The minimum atomic E-state index is -4.37. The van der Waals surface area contributed by atoms with Crippen molar-refractivity contribution in [2.75, 3.05) is 6.61 Å². The van der Waals surface area contributed by atoms with E-state index in [0.29, 0.717) is 17.9 Å². The molecule has 3 amide bonds. The van der Waals surface area contributed by atoms with Crippen LogP contribution < -0.4 is 10.1 Å². The van der Waals surface area contributed by atoms with Crippen LogP contribution in [0.1, 0.15) is 49.6 Å². The number of carbonyl (C=O) groups is 3. The summed E-state index contributed by atoms with van der Waals surface area (Å²) in [6, 6.07) is 1.35. The first-order chi connectivity index (χ1) is 12.3. The summed E-state index contributed by atoms with van der Waals surface area (Å²) < 4.78 is 34.5. The zero-order chi connectivity index (χ0) is 18.9. The Morgan fingerprint density at radius 2 is 2.00 bits per heavy atom. The van der Waals surface area contributed by atoms with Crippen LogP contribution in [0.25, 0.3) is 0 Å². The number of esters is 1. The fraction of sp³-hybridized carbons (Fsp3) is 0.533. The summed E-state index contributed by atoms with van der Waals surface area (Å²) in [5.41, 5.74) is -1.06. The second kappa shape index (κ2) is 6.72. The molecular formula is C15H19N3O7S. The lowest BCUT2D eigenvalue weighted by molar-refractivity contribution is -0.133. The molecule has 10 nitrogen and oxygen atoms in total. The minimum Gasteiger partial charge on any atom is -0.460 e. The van der Waals surface area contributed by atoms with E-state index >= 15 is 0 Å². The van der Waals surface area contributed by atoms with Crippen molar-refractivity contribution in [3.8, 4) is 0 Å². The summed E-state index contributed by atoms with van der Waals surface area (Å²) in [6.45, 7) is 1.70. The van der Waals surface area contributed by atoms with Gasteiger partial charge in [-0.15, -0.1) is 4.83 Å². The molecule has 2 fully saturated rings. The van der Waals surface area contributed by atoms with E-state index in [1.54, 1.807) is 6.92 Å². The number of hydrogen-bond donors (Lipinski definition) is 2. The number of nitrogens with one attached hydrogen (secondary N) is 2. The Morgan fingerprint density at radius 3 is 2.65 bits per heavy atom. The van der Waals surface area contributed by atoms with Crippen molar-refractivity contribution in [3.05, 3.63) is 17.9 Å². The molecule has 2 heterocycles. The molecule has 0 atom stereocenters. The highest BCUT2D eigenvalue weighted by molar-refractivity contribution is 7.89. The molecule has 142 valence electrons. The van der Waals surface area contributed by atoms with E-state index in [-0.39, 0.29) is 12.4 Å². The van der Waals surface area contributed by atoms with Crippen molar-refractivity contribution < 1.29 is 32.0 Å². The lowest BCUT2D eigenvalue weighted by Gasteiger charge is -2.30. The predicted molar refractivity (Wildman–Crippen MR) is 86.2 cm³/mol. The number of urea groups is 1. The molecule has 1 saturated carbocycles. The number of hydrazine groups is 1. The van der Waals surface area contributed by atoms with Crippen LogP contribution in [0, 0.1) is 0 Å². The van der Waals surface area contributed by atoms with Crippen molar-refractivity contribution in [3.63, 3.8) is 0 Å². The van der Waals surface area contributed by atoms with Crippen LogP contribution in [-0.2, 0) is 19.6 Å². The second-order valence-electron chi connectivity index (χ2n) is 6.15. The predicted octanol–water partition coefficient (Wildman–Crippen LogP) is 0.904. The molecule has 1 saturated heterocycles. The summed E-state index contributed by atoms with van der Waals surface area (Å²) in [7, 11) is -4.37. The Balaban J connectivity index is 1.78. The smallest absolute Gasteiger partial charge is 0.374 e. The first-order valence-corrected chi connectivity index (χ1v) is 9.73. The average Bonchev–Trinajstić information content (AvgIpc) is 3.17. The molecule has 0 unspecified atom stereocenters. The van der Waals surface area contributed by atoms with Gasteiger partial charge in [-0.05, 0) is 31.9 Å². The molecule has 1 aromatic heterocycles. The largest absolute Gasteiger partial charge is 0.460 e. The highest BCUT2D eigenvalue weighted by Crippen LogP contribution is 2.33. The topological polar surface area (TPSA) is 135 Å². The van der Waals surface area contributed by atoms with Gasteiger partial charge >= 0.3 is 12.0 Å². The van der Waals surface area contributed by atoms with Crippen molar-refractivity contribution in [2.24, 2.45) is 0 Å². The summed E-state index contributed by atoms with van der Waals surface area (Å²) in [5, 5.41) is 2.43. The van der Waals surface area contributed by atoms with Crippen molar-refractivity contribution in [1.82, 2.24) is 15.2 Å². The van der Waals surface area contributed by atoms with Crippen LogP contribution >= 0.6 is 0 Å². The van der Waals surface area contributed by atoms with Gasteiger partial charge in [-0.2, -0.15) is 5.01 Å². The third-order valence-electron chi connectivity index (χ3n) is 4.40. The van der Waals surface area contributed by atoms with E-state index in [1.807, 2.05) is 4.83 Å². The van der Waals surface area contributed by atoms with Crippen LogP contribution in [0.15, 0.2) is 21.6 Å². The summed E-state index contributed by atoms with van der Waals surface area (Å²) in [5.74, 6) is -1.75. The molecular weight excluding hydrogens is 366 g/mol. The van der Waals surface area contributed by atoms with Gasteiger partial charge in [0.1, 0.15) is 5.54 Å². The fourth-order valence-corrected chi connectivity index (χ4v) is 4.08. The molecule has 3 rings (SSSR count). The Morgan fingerprint density at radius 1 is 1.31 bits per heavy atom. The highest BCUT2D eigenvalue weighted by Gasteiger charge is 2.52. The normalized spacial score (nSPS) is 19.7. The first kappa shape index (κ1) is 18.4. The quantitative estimate of drug-likeness (QED) is 0.568. The van der Waals surface area contributed by atoms with Crippen LogP contribution in [0.5, 0.6) is 0 Å². The summed E-state index contributed by atoms with van der Waals surface area (Å²) in [6.07, 6.45) is 3.42. The van der Waals surface area contributed by atoms with Crippen LogP contribution in [-0.4, -0.2) is 43.5 Å². The zero-order valence-electron chi connectivity index (χ0n) is 14.1. The molecule has 1 spiro atoms. The number of hydrogen-bond acceptors (Lipinski definition) is 7. The van der Waals surface area contributed by atoms with Gasteiger partial charge in [0.05, 0.1) is 6.61 Å². The van der Waals surface area contributed by atoms with E-state index in [4.69, 9.17) is 9.15 Å². The maximum atomic E-state index is 12.6. The summed E-state index contributed by atoms with van der Waals surface area (Å²) in [4.78, 5) is 38.2. The molecule has 0 aromatic carbocycles. The number of nitrogens with zero attached hydrogens (tertiary/aromatic N) is 1. The zero-order valence-corrected chi connectivity index (χ0v) is 14.9.